The Balaban J connectivity index is 1.12. The smallest absolute Gasteiger partial charge is 0.291 e. The maximum absolute atomic E-state index is 13.0. The van der Waals surface area contributed by atoms with Gasteiger partial charge in [-0.15, -0.1) is 0 Å². The van der Waals surface area contributed by atoms with Crippen molar-refractivity contribution in [2.24, 2.45) is 0 Å². The molecule has 4 aromatic rings. The lowest BCUT2D eigenvalue weighted by molar-refractivity contribution is 0.0322. The topological polar surface area (TPSA) is 128 Å². The first kappa shape index (κ1) is 27.0. The van der Waals surface area contributed by atoms with Gasteiger partial charge >= 0.3 is 0 Å². The van der Waals surface area contributed by atoms with Crippen LogP contribution in [0.4, 0.5) is 11.4 Å². The fraction of sp³-hybridized carbons (Fsp3) is 0.267. The fourth-order valence-corrected chi connectivity index (χ4v) is 4.34. The van der Waals surface area contributed by atoms with Crippen molar-refractivity contribution in [2.45, 2.75) is 0 Å². The first-order chi connectivity index (χ1) is 19.6. The molecule has 208 valence electrons. The molecule has 10 heteroatoms. The summed E-state index contributed by atoms with van der Waals surface area (Å²) >= 11 is 0. The lowest BCUT2D eigenvalue weighted by atomic mass is 10.2. The summed E-state index contributed by atoms with van der Waals surface area (Å²) in [6.45, 7) is 4.80. The minimum absolute atomic E-state index is 0.137. The minimum atomic E-state index is -0.381. The van der Waals surface area contributed by atoms with Crippen LogP contribution < -0.4 is 25.8 Å². The number of furan rings is 1. The van der Waals surface area contributed by atoms with Gasteiger partial charge in [0.25, 0.3) is 11.8 Å². The van der Waals surface area contributed by atoms with Crippen LogP contribution in [-0.2, 0) is 4.74 Å². The third-order valence-electron chi connectivity index (χ3n) is 6.50. The molecule has 0 saturated carbocycles. The summed E-state index contributed by atoms with van der Waals surface area (Å²) in [6, 6.07) is 21.2. The van der Waals surface area contributed by atoms with Gasteiger partial charge in [-0.1, -0.05) is 24.3 Å². The molecule has 0 atom stereocenters. The first-order valence-corrected chi connectivity index (χ1v) is 13.2. The van der Waals surface area contributed by atoms with Gasteiger partial charge in [-0.2, -0.15) is 0 Å². The molecule has 1 aliphatic heterocycles. The zero-order chi connectivity index (χ0) is 27.7. The highest BCUT2D eigenvalue weighted by atomic mass is 16.5. The van der Waals surface area contributed by atoms with Crippen LogP contribution in [0.1, 0.15) is 20.9 Å². The van der Waals surface area contributed by atoms with Gasteiger partial charge in [-0.05, 0) is 48.5 Å². The summed E-state index contributed by atoms with van der Waals surface area (Å²) in [5.74, 6) is 0.491. The van der Waals surface area contributed by atoms with Crippen molar-refractivity contribution in [3.8, 4) is 11.5 Å². The molecular weight excluding hydrogens is 512 g/mol. The molecule has 0 aliphatic carbocycles. The Morgan fingerprint density at radius 1 is 0.875 bits per heavy atom. The molecule has 0 bridgehead atoms. The first-order valence-electron chi connectivity index (χ1n) is 13.2. The number of hydrogen-bond donors (Lipinski definition) is 3. The molecule has 1 aromatic heterocycles. The zero-order valence-corrected chi connectivity index (χ0v) is 22.1. The van der Waals surface area contributed by atoms with Crippen LogP contribution in [-0.4, -0.2) is 69.3 Å². The highest BCUT2D eigenvalue weighted by Crippen LogP contribution is 2.33. The number of nitrogens with two attached hydrogens (primary N) is 1. The number of hydrogen-bond acceptors (Lipinski definition) is 8. The average Bonchev–Trinajstić information content (AvgIpc) is 3.36. The molecule has 5 rings (SSSR count). The number of carbonyl (C=O) groups is 2. The highest BCUT2D eigenvalue weighted by Gasteiger charge is 2.22. The Hall–Kier alpha value is -4.54. The molecule has 10 nitrogen and oxygen atoms in total. The number of rotatable bonds is 11. The Labute approximate surface area is 232 Å². The molecule has 0 radical (unpaired) electrons. The molecule has 0 spiro atoms. The van der Waals surface area contributed by atoms with E-state index in [4.69, 9.17) is 24.4 Å². The molecule has 40 heavy (non-hydrogen) atoms. The Morgan fingerprint density at radius 2 is 1.62 bits per heavy atom. The van der Waals surface area contributed by atoms with E-state index in [-0.39, 0.29) is 30.7 Å². The van der Waals surface area contributed by atoms with Crippen molar-refractivity contribution in [3.05, 3.63) is 84.1 Å². The highest BCUT2D eigenvalue weighted by molar-refractivity contribution is 6.05. The molecule has 2 amide bonds. The number of amides is 2. The summed E-state index contributed by atoms with van der Waals surface area (Å²) in [5.41, 5.74) is 7.99. The van der Waals surface area contributed by atoms with Gasteiger partial charge in [-0.3, -0.25) is 14.5 Å². The number of benzene rings is 3. The summed E-state index contributed by atoms with van der Waals surface area (Å²) in [6.07, 6.45) is 0. The van der Waals surface area contributed by atoms with E-state index in [1.807, 2.05) is 24.3 Å². The number of nitrogens with one attached hydrogen (secondary N) is 2. The maximum atomic E-state index is 13.0. The van der Waals surface area contributed by atoms with Crippen LogP contribution in [0.25, 0.3) is 11.0 Å². The van der Waals surface area contributed by atoms with Crippen LogP contribution in [0.3, 0.4) is 0 Å². The number of nitrogens with zero attached hydrogens (tertiary/aromatic N) is 1. The van der Waals surface area contributed by atoms with Gasteiger partial charge in [0.15, 0.2) is 5.75 Å². The van der Waals surface area contributed by atoms with Crippen LogP contribution in [0.15, 0.2) is 77.2 Å². The van der Waals surface area contributed by atoms with E-state index >= 15 is 0 Å². The second kappa shape index (κ2) is 13.0. The minimum Gasteiger partial charge on any atom is -0.492 e. The van der Waals surface area contributed by atoms with Crippen molar-refractivity contribution in [3.63, 3.8) is 0 Å². The largest absolute Gasteiger partial charge is 0.492 e. The third kappa shape index (κ3) is 6.71. The molecule has 1 fully saturated rings. The normalized spacial score (nSPS) is 13.6. The van der Waals surface area contributed by atoms with Crippen LogP contribution in [0.2, 0.25) is 0 Å². The van der Waals surface area contributed by atoms with E-state index in [2.05, 4.69) is 15.5 Å². The van der Waals surface area contributed by atoms with E-state index in [9.17, 15) is 9.59 Å². The van der Waals surface area contributed by atoms with E-state index in [0.29, 0.717) is 53.8 Å². The number of fused-ring (bicyclic) bond motifs is 1. The number of ether oxygens (including phenoxy) is 3. The molecule has 1 aliphatic rings. The average molecular weight is 545 g/mol. The van der Waals surface area contributed by atoms with Crippen molar-refractivity contribution in [1.29, 1.82) is 0 Å². The quantitative estimate of drug-likeness (QED) is 0.192. The Bertz CT molecular complexity index is 1450. The maximum Gasteiger partial charge on any atom is 0.291 e. The lowest BCUT2D eigenvalue weighted by Crippen LogP contribution is -2.38. The van der Waals surface area contributed by atoms with Crippen LogP contribution in [0.5, 0.6) is 11.5 Å². The summed E-state index contributed by atoms with van der Waals surface area (Å²) in [5, 5.41) is 6.38. The Kier molecular flexibility index (Phi) is 8.79. The SMILES string of the molecule is Nc1ccccc1NC(=O)c1ccc(OCCNC(=O)c2oc3ccccc3c2OCCN2CCOCC2)cc1. The van der Waals surface area contributed by atoms with Crippen molar-refractivity contribution >= 4 is 34.2 Å². The molecule has 3 aromatic carbocycles. The van der Waals surface area contributed by atoms with Crippen LogP contribution >= 0.6 is 0 Å². The Morgan fingerprint density at radius 3 is 2.42 bits per heavy atom. The second-order valence-electron chi connectivity index (χ2n) is 9.23. The molecular formula is C30H32N4O6. The van der Waals surface area contributed by atoms with Gasteiger partial charge < -0.3 is 35.0 Å². The standard InChI is InChI=1S/C30H32N4O6/c31-24-6-2-3-7-25(24)33-29(35)21-9-11-22(12-10-21)38-17-13-32-30(36)28-27(23-5-1-4-8-26(23)40-28)39-20-16-34-14-18-37-19-15-34/h1-12H,13-20,31H2,(H,32,36)(H,33,35). The van der Waals surface area contributed by atoms with Gasteiger partial charge in [0.2, 0.25) is 5.76 Å². The summed E-state index contributed by atoms with van der Waals surface area (Å²) in [7, 11) is 0. The number of anilines is 2. The van der Waals surface area contributed by atoms with Gasteiger partial charge in [0, 0.05) is 25.2 Å². The van der Waals surface area contributed by atoms with Crippen LogP contribution in [0, 0.1) is 0 Å². The van der Waals surface area contributed by atoms with Gasteiger partial charge in [-0.25, -0.2) is 0 Å². The molecule has 2 heterocycles. The molecule has 1 saturated heterocycles. The fourth-order valence-electron chi connectivity index (χ4n) is 4.34. The second-order valence-corrected chi connectivity index (χ2v) is 9.23. The van der Waals surface area contributed by atoms with Crippen molar-refractivity contribution in [2.75, 3.05) is 63.7 Å². The van der Waals surface area contributed by atoms with Crippen molar-refractivity contribution < 1.29 is 28.2 Å². The number of carbonyl (C=O) groups excluding carboxylic acids is 2. The number of morpholine rings is 1. The van der Waals surface area contributed by atoms with E-state index in [1.54, 1.807) is 48.5 Å². The predicted molar refractivity (Wildman–Crippen MR) is 152 cm³/mol. The van der Waals surface area contributed by atoms with E-state index in [0.717, 1.165) is 25.0 Å². The van der Waals surface area contributed by atoms with Gasteiger partial charge in [0.05, 0.1) is 36.5 Å². The summed E-state index contributed by atoms with van der Waals surface area (Å²) < 4.78 is 23.0. The molecule has 0 unspecified atom stereocenters. The number of para-hydroxylation sites is 3. The van der Waals surface area contributed by atoms with Crippen molar-refractivity contribution in [1.82, 2.24) is 10.2 Å². The zero-order valence-electron chi connectivity index (χ0n) is 22.1. The predicted octanol–water partition coefficient (Wildman–Crippen LogP) is 3.79. The lowest BCUT2D eigenvalue weighted by Gasteiger charge is -2.26. The molecule has 4 N–H and O–H groups in total. The summed E-state index contributed by atoms with van der Waals surface area (Å²) in [4.78, 5) is 27.8. The number of nitrogen functional groups attached to an aromatic ring is 1. The van der Waals surface area contributed by atoms with E-state index in [1.165, 1.54) is 0 Å². The van der Waals surface area contributed by atoms with Gasteiger partial charge in [0.1, 0.15) is 24.5 Å². The van der Waals surface area contributed by atoms with E-state index < -0.39 is 0 Å². The third-order valence-corrected chi connectivity index (χ3v) is 6.50. The monoisotopic (exact) mass is 544 g/mol.